The molecule has 0 radical (unpaired) electrons. The van der Waals surface area contributed by atoms with Crippen LogP contribution in [0.4, 0.5) is 0 Å². The number of carbonyl (C=O) groups excluding carboxylic acids is 1. The highest BCUT2D eigenvalue weighted by Crippen LogP contribution is 2.27. The van der Waals surface area contributed by atoms with Crippen molar-refractivity contribution in [3.63, 3.8) is 0 Å². The smallest absolute Gasteiger partial charge is 0.242 e. The maximum Gasteiger partial charge on any atom is 0.242 e. The van der Waals surface area contributed by atoms with Crippen molar-refractivity contribution in [1.29, 1.82) is 0 Å². The summed E-state index contributed by atoms with van der Waals surface area (Å²) in [6.07, 6.45) is 0. The van der Waals surface area contributed by atoms with Crippen molar-refractivity contribution < 1.29 is 17.9 Å². The Kier molecular flexibility index (Phi) is 6.62. The molecule has 0 saturated heterocycles. The van der Waals surface area contributed by atoms with Crippen molar-refractivity contribution in [2.75, 3.05) is 7.11 Å². The Labute approximate surface area is 161 Å². The summed E-state index contributed by atoms with van der Waals surface area (Å²) in [5, 5.41) is 2.77. The van der Waals surface area contributed by atoms with Gasteiger partial charge in [0.15, 0.2) is 0 Å². The number of nitrogens with one attached hydrogen (secondary N) is 2. The molecule has 2 rings (SSSR count). The van der Waals surface area contributed by atoms with Crippen LogP contribution >= 0.6 is 0 Å². The third kappa shape index (κ3) is 5.08. The van der Waals surface area contributed by atoms with Gasteiger partial charge in [-0.2, -0.15) is 4.72 Å². The Bertz CT molecular complexity index is 909. The molecule has 146 valence electrons. The zero-order valence-corrected chi connectivity index (χ0v) is 17.1. The Balaban J connectivity index is 2.44. The van der Waals surface area contributed by atoms with E-state index in [9.17, 15) is 13.2 Å². The lowest BCUT2D eigenvalue weighted by atomic mass is 10.1. The van der Waals surface area contributed by atoms with Crippen LogP contribution in [-0.4, -0.2) is 27.5 Å². The molecule has 0 heterocycles. The van der Waals surface area contributed by atoms with Crippen LogP contribution < -0.4 is 14.8 Å². The quantitative estimate of drug-likeness (QED) is 0.761. The Morgan fingerprint density at radius 1 is 1.04 bits per heavy atom. The van der Waals surface area contributed by atoms with Gasteiger partial charge in [-0.3, -0.25) is 4.79 Å². The second-order valence-corrected chi connectivity index (χ2v) is 8.40. The van der Waals surface area contributed by atoms with Gasteiger partial charge >= 0.3 is 0 Å². The number of aryl methyl sites for hydroxylation is 2. The summed E-state index contributed by atoms with van der Waals surface area (Å²) in [7, 11) is -2.40. The minimum atomic E-state index is -3.93. The van der Waals surface area contributed by atoms with Gasteiger partial charge in [0, 0.05) is 6.04 Å². The number of amides is 1. The van der Waals surface area contributed by atoms with Gasteiger partial charge < -0.3 is 10.1 Å². The molecule has 7 heteroatoms. The average Bonchev–Trinajstić information content (AvgIpc) is 2.61. The monoisotopic (exact) mass is 390 g/mol. The van der Waals surface area contributed by atoms with Gasteiger partial charge in [-0.1, -0.05) is 30.3 Å². The van der Waals surface area contributed by atoms with Crippen molar-refractivity contribution in [2.45, 2.75) is 44.7 Å². The number of sulfonamides is 1. The van der Waals surface area contributed by atoms with Crippen LogP contribution in [0.15, 0.2) is 47.4 Å². The molecule has 27 heavy (non-hydrogen) atoms. The summed E-state index contributed by atoms with van der Waals surface area (Å²) in [4.78, 5) is 12.8. The van der Waals surface area contributed by atoms with Crippen molar-refractivity contribution in [3.05, 3.63) is 59.2 Å². The first kappa shape index (κ1) is 20.9. The summed E-state index contributed by atoms with van der Waals surface area (Å²) in [5.41, 5.74) is 1.81. The summed E-state index contributed by atoms with van der Waals surface area (Å²) < 4.78 is 33.9. The summed E-state index contributed by atoms with van der Waals surface area (Å²) in [5.74, 6) is 0.214. The number of rotatable bonds is 7. The lowest BCUT2D eigenvalue weighted by Crippen LogP contribution is -2.42. The van der Waals surface area contributed by atoms with Crippen LogP contribution in [0.2, 0.25) is 0 Å². The predicted octanol–water partition coefficient (Wildman–Crippen LogP) is 2.86. The summed E-state index contributed by atoms with van der Waals surface area (Å²) in [6.45, 7) is 7.12. The standard InChI is InChI=1S/C20H26N2O4S/c1-13(2)21-20(23)19(16-9-7-6-8-10-16)22-27(24,25)18-12-14(3)17(26-5)11-15(18)4/h6-13,19,22H,1-5H3,(H,21,23)/t19-/m0/s1. The summed E-state index contributed by atoms with van der Waals surface area (Å²) >= 11 is 0. The SMILES string of the molecule is COc1cc(C)c(S(=O)(=O)N[C@H](C(=O)NC(C)C)c2ccccc2)cc1C. The van der Waals surface area contributed by atoms with E-state index in [1.165, 1.54) is 7.11 Å². The fraction of sp³-hybridized carbons (Fsp3) is 0.350. The van der Waals surface area contributed by atoms with Crippen LogP contribution in [0.3, 0.4) is 0 Å². The van der Waals surface area contributed by atoms with Crippen LogP contribution in [0.5, 0.6) is 5.75 Å². The van der Waals surface area contributed by atoms with E-state index in [1.54, 1.807) is 50.2 Å². The molecule has 0 aliphatic heterocycles. The van der Waals surface area contributed by atoms with Gasteiger partial charge in [0.25, 0.3) is 0 Å². The molecular weight excluding hydrogens is 364 g/mol. The highest BCUT2D eigenvalue weighted by atomic mass is 32.2. The highest BCUT2D eigenvalue weighted by Gasteiger charge is 2.29. The first-order valence-electron chi connectivity index (χ1n) is 8.68. The normalized spacial score (nSPS) is 12.7. The molecule has 2 N–H and O–H groups in total. The predicted molar refractivity (Wildman–Crippen MR) is 105 cm³/mol. The third-order valence-corrected chi connectivity index (χ3v) is 5.65. The van der Waals surface area contributed by atoms with Crippen LogP contribution in [0, 0.1) is 13.8 Å². The number of carbonyl (C=O) groups is 1. The molecule has 0 saturated carbocycles. The fourth-order valence-corrected chi connectivity index (χ4v) is 4.27. The molecule has 0 unspecified atom stereocenters. The topological polar surface area (TPSA) is 84.5 Å². The molecule has 0 spiro atoms. The first-order valence-corrected chi connectivity index (χ1v) is 10.2. The molecule has 1 atom stereocenters. The van der Waals surface area contributed by atoms with E-state index in [-0.39, 0.29) is 10.9 Å². The fourth-order valence-electron chi connectivity index (χ4n) is 2.78. The van der Waals surface area contributed by atoms with E-state index in [1.807, 2.05) is 19.9 Å². The van der Waals surface area contributed by atoms with Crippen molar-refractivity contribution in [3.8, 4) is 5.75 Å². The highest BCUT2D eigenvalue weighted by molar-refractivity contribution is 7.89. The maximum atomic E-state index is 13.0. The molecule has 1 amide bonds. The van der Waals surface area contributed by atoms with E-state index >= 15 is 0 Å². The van der Waals surface area contributed by atoms with Crippen molar-refractivity contribution in [2.24, 2.45) is 0 Å². The minimum Gasteiger partial charge on any atom is -0.496 e. The number of methoxy groups -OCH3 is 1. The van der Waals surface area contributed by atoms with Gasteiger partial charge in [0.1, 0.15) is 11.8 Å². The van der Waals surface area contributed by atoms with Crippen molar-refractivity contribution >= 4 is 15.9 Å². The molecule has 0 aromatic heterocycles. The number of ether oxygens (including phenoxy) is 1. The van der Waals surface area contributed by atoms with E-state index in [0.717, 1.165) is 0 Å². The average molecular weight is 391 g/mol. The minimum absolute atomic E-state index is 0.113. The molecule has 0 bridgehead atoms. The largest absolute Gasteiger partial charge is 0.496 e. The molecule has 0 fully saturated rings. The second-order valence-electron chi connectivity index (χ2n) is 6.72. The Morgan fingerprint density at radius 2 is 1.67 bits per heavy atom. The van der Waals surface area contributed by atoms with Gasteiger partial charge in [-0.15, -0.1) is 0 Å². The van der Waals surface area contributed by atoms with Crippen LogP contribution in [-0.2, 0) is 14.8 Å². The summed E-state index contributed by atoms with van der Waals surface area (Å²) in [6, 6.07) is 10.9. The molecule has 0 aliphatic rings. The zero-order chi connectivity index (χ0) is 20.2. The Morgan fingerprint density at radius 3 is 2.22 bits per heavy atom. The maximum absolute atomic E-state index is 13.0. The number of hydrogen-bond donors (Lipinski definition) is 2. The molecule has 2 aromatic carbocycles. The first-order chi connectivity index (χ1) is 12.7. The Hall–Kier alpha value is -2.38. The van der Waals surface area contributed by atoms with E-state index in [0.29, 0.717) is 22.4 Å². The molecule has 2 aromatic rings. The molecule has 6 nitrogen and oxygen atoms in total. The van der Waals surface area contributed by atoms with Gasteiger partial charge in [-0.25, -0.2) is 8.42 Å². The third-order valence-electron chi connectivity index (χ3n) is 4.08. The van der Waals surface area contributed by atoms with E-state index in [4.69, 9.17) is 4.74 Å². The number of benzene rings is 2. The lowest BCUT2D eigenvalue weighted by molar-refractivity contribution is -0.123. The lowest BCUT2D eigenvalue weighted by Gasteiger charge is -2.21. The van der Waals surface area contributed by atoms with Gasteiger partial charge in [-0.05, 0) is 56.5 Å². The van der Waals surface area contributed by atoms with E-state index in [2.05, 4.69) is 10.0 Å². The van der Waals surface area contributed by atoms with Gasteiger partial charge in [0.05, 0.1) is 12.0 Å². The second kappa shape index (κ2) is 8.54. The zero-order valence-electron chi connectivity index (χ0n) is 16.2. The molecule has 0 aliphatic carbocycles. The van der Waals surface area contributed by atoms with E-state index < -0.39 is 22.0 Å². The van der Waals surface area contributed by atoms with Crippen LogP contribution in [0.1, 0.15) is 36.6 Å². The number of hydrogen-bond acceptors (Lipinski definition) is 4. The van der Waals surface area contributed by atoms with Gasteiger partial charge in [0.2, 0.25) is 15.9 Å². The van der Waals surface area contributed by atoms with Crippen molar-refractivity contribution in [1.82, 2.24) is 10.0 Å². The van der Waals surface area contributed by atoms with Crippen LogP contribution in [0.25, 0.3) is 0 Å². The molecular formula is C20H26N2O4S.